The SMILES string of the molecule is CC(C)[C@H](NC(=O)Cc1ccccc1)C(=O)[N+]1(CCCc2ccccc2)CC(C(N)=O)NC1=O. The Morgan fingerprint density at radius 3 is 2.15 bits per heavy atom. The first kappa shape index (κ1) is 25.1. The van der Waals surface area contributed by atoms with Gasteiger partial charge in [0, 0.05) is 6.42 Å². The summed E-state index contributed by atoms with van der Waals surface area (Å²) in [7, 11) is 0. The summed E-state index contributed by atoms with van der Waals surface area (Å²) in [6.07, 6.45) is 1.36. The standard InChI is InChI=1S/C26H32N4O4/c1-18(2)23(29-22(31)16-20-12-7-4-8-13-20)25(33)30(17-21(24(27)32)28-26(30)34)15-9-14-19-10-5-3-6-11-19/h3-8,10-13,18,21,23H,9,14-17H2,1-2H3,(H3-,27,28,29,31,32,34)/p+1/t21?,23-,30?/m0/s1. The van der Waals surface area contributed by atoms with Crippen molar-refractivity contribution in [1.82, 2.24) is 10.6 Å². The first-order chi connectivity index (χ1) is 16.2. The fraction of sp³-hybridized carbons (Fsp3) is 0.385. The number of imide groups is 1. The maximum Gasteiger partial charge on any atom is 0.425 e. The number of carbonyl (C=O) groups is 4. The molecule has 8 heteroatoms. The van der Waals surface area contributed by atoms with Crippen LogP contribution in [0.3, 0.4) is 0 Å². The van der Waals surface area contributed by atoms with Crippen LogP contribution in [0.2, 0.25) is 0 Å². The van der Waals surface area contributed by atoms with Crippen LogP contribution in [0.15, 0.2) is 60.7 Å². The Labute approximate surface area is 200 Å². The number of quaternary nitrogens is 1. The average Bonchev–Trinajstić information content (AvgIpc) is 3.16. The zero-order chi connectivity index (χ0) is 24.7. The van der Waals surface area contributed by atoms with Crippen molar-refractivity contribution in [2.24, 2.45) is 11.7 Å². The molecule has 2 aromatic rings. The normalized spacial score (nSPS) is 20.6. The number of rotatable bonds is 10. The molecule has 1 aliphatic heterocycles. The Bertz CT molecular complexity index is 1030. The van der Waals surface area contributed by atoms with E-state index < -0.39 is 34.4 Å². The lowest BCUT2D eigenvalue weighted by atomic mass is 10.00. The third kappa shape index (κ3) is 5.88. The Hall–Kier alpha value is -3.52. The highest BCUT2D eigenvalue weighted by atomic mass is 16.2. The highest BCUT2D eigenvalue weighted by molar-refractivity contribution is 5.94. The lowest BCUT2D eigenvalue weighted by molar-refractivity contribution is -0.765. The van der Waals surface area contributed by atoms with Gasteiger partial charge in [-0.05, 0) is 23.5 Å². The van der Waals surface area contributed by atoms with E-state index in [2.05, 4.69) is 10.6 Å². The molecule has 1 heterocycles. The summed E-state index contributed by atoms with van der Waals surface area (Å²) in [4.78, 5) is 51.6. The molecule has 0 saturated carbocycles. The molecule has 180 valence electrons. The molecule has 1 fully saturated rings. The molecule has 5 amide bonds. The van der Waals surface area contributed by atoms with Crippen LogP contribution >= 0.6 is 0 Å². The van der Waals surface area contributed by atoms with Gasteiger partial charge in [-0.2, -0.15) is 4.48 Å². The molecule has 0 aromatic heterocycles. The van der Waals surface area contributed by atoms with E-state index in [9.17, 15) is 19.2 Å². The number of urea groups is 1. The van der Waals surface area contributed by atoms with E-state index in [0.29, 0.717) is 12.8 Å². The van der Waals surface area contributed by atoms with Gasteiger partial charge in [0.2, 0.25) is 11.8 Å². The van der Waals surface area contributed by atoms with E-state index in [1.165, 1.54) is 0 Å². The summed E-state index contributed by atoms with van der Waals surface area (Å²) in [5.41, 5.74) is 7.38. The first-order valence-corrected chi connectivity index (χ1v) is 11.6. The van der Waals surface area contributed by atoms with Gasteiger partial charge in [0.25, 0.3) is 0 Å². The molecule has 1 saturated heterocycles. The second kappa shape index (κ2) is 11.1. The molecule has 2 unspecified atom stereocenters. The predicted octanol–water partition coefficient (Wildman–Crippen LogP) is 1.92. The summed E-state index contributed by atoms with van der Waals surface area (Å²) in [6.45, 7) is 3.80. The fourth-order valence-corrected chi connectivity index (χ4v) is 4.35. The number of carbonyl (C=O) groups excluding carboxylic acids is 4. The number of nitrogens with two attached hydrogens (primary N) is 1. The molecule has 0 spiro atoms. The summed E-state index contributed by atoms with van der Waals surface area (Å²) in [6, 6.07) is 16.7. The van der Waals surface area contributed by atoms with Crippen LogP contribution in [0, 0.1) is 5.92 Å². The van der Waals surface area contributed by atoms with E-state index in [4.69, 9.17) is 5.73 Å². The topological polar surface area (TPSA) is 118 Å². The molecule has 0 aliphatic carbocycles. The Kier molecular flexibility index (Phi) is 8.17. The highest BCUT2D eigenvalue weighted by Gasteiger charge is 2.56. The molecular formula is C26H33N4O4+. The van der Waals surface area contributed by atoms with Crippen molar-refractivity contribution >= 4 is 23.8 Å². The summed E-state index contributed by atoms with van der Waals surface area (Å²) in [5, 5.41) is 5.42. The van der Waals surface area contributed by atoms with Gasteiger partial charge in [0.05, 0.1) is 13.0 Å². The van der Waals surface area contributed by atoms with E-state index in [-0.39, 0.29) is 31.3 Å². The molecule has 3 rings (SSSR count). The number of hydrogen-bond donors (Lipinski definition) is 3. The zero-order valence-electron chi connectivity index (χ0n) is 19.7. The quantitative estimate of drug-likeness (QED) is 0.465. The molecule has 0 radical (unpaired) electrons. The van der Waals surface area contributed by atoms with Crippen molar-refractivity contribution in [2.75, 3.05) is 13.1 Å². The van der Waals surface area contributed by atoms with Gasteiger partial charge >= 0.3 is 11.9 Å². The summed E-state index contributed by atoms with van der Waals surface area (Å²) < 4.78 is -0.561. The minimum atomic E-state index is -0.930. The minimum absolute atomic E-state index is 0.0560. The van der Waals surface area contributed by atoms with E-state index in [1.807, 2.05) is 74.5 Å². The second-order valence-corrected chi connectivity index (χ2v) is 9.16. The maximum absolute atomic E-state index is 13.9. The number of nitrogens with zero attached hydrogens (tertiary/aromatic N) is 1. The third-order valence-electron chi connectivity index (χ3n) is 6.25. The Morgan fingerprint density at radius 1 is 1.03 bits per heavy atom. The highest BCUT2D eigenvalue weighted by Crippen LogP contribution is 2.23. The van der Waals surface area contributed by atoms with Crippen molar-refractivity contribution in [1.29, 1.82) is 0 Å². The van der Waals surface area contributed by atoms with Crippen molar-refractivity contribution in [3.05, 3.63) is 71.8 Å². The van der Waals surface area contributed by atoms with Crippen molar-refractivity contribution in [3.8, 4) is 0 Å². The first-order valence-electron chi connectivity index (χ1n) is 11.6. The van der Waals surface area contributed by atoms with Gasteiger partial charge < -0.3 is 11.1 Å². The smallest absolute Gasteiger partial charge is 0.368 e. The fourth-order valence-electron chi connectivity index (χ4n) is 4.35. The Morgan fingerprint density at radius 2 is 1.62 bits per heavy atom. The number of nitrogens with one attached hydrogen (secondary N) is 2. The largest absolute Gasteiger partial charge is 0.425 e. The number of aryl methyl sites for hydroxylation is 1. The van der Waals surface area contributed by atoms with Gasteiger partial charge in [-0.3, -0.25) is 14.9 Å². The van der Waals surface area contributed by atoms with E-state index in [1.54, 1.807) is 0 Å². The third-order valence-corrected chi connectivity index (χ3v) is 6.25. The van der Waals surface area contributed by atoms with Crippen molar-refractivity contribution < 1.29 is 23.7 Å². The van der Waals surface area contributed by atoms with Crippen LogP contribution in [-0.2, 0) is 27.2 Å². The molecule has 1 aliphatic rings. The van der Waals surface area contributed by atoms with Crippen LogP contribution in [-0.4, -0.2) is 53.4 Å². The van der Waals surface area contributed by atoms with Gasteiger partial charge in [-0.15, -0.1) is 0 Å². The number of hydrogen-bond acceptors (Lipinski definition) is 4. The predicted molar refractivity (Wildman–Crippen MR) is 128 cm³/mol. The lowest BCUT2D eigenvalue weighted by Crippen LogP contribution is -2.63. The molecule has 2 aromatic carbocycles. The molecule has 34 heavy (non-hydrogen) atoms. The molecule has 8 nitrogen and oxygen atoms in total. The molecule has 3 atom stereocenters. The monoisotopic (exact) mass is 465 g/mol. The minimum Gasteiger partial charge on any atom is -0.368 e. The summed E-state index contributed by atoms with van der Waals surface area (Å²) >= 11 is 0. The van der Waals surface area contributed by atoms with Crippen LogP contribution in [0.25, 0.3) is 0 Å². The van der Waals surface area contributed by atoms with Crippen LogP contribution in [0.1, 0.15) is 31.4 Å². The van der Waals surface area contributed by atoms with E-state index in [0.717, 1.165) is 11.1 Å². The maximum atomic E-state index is 13.9. The van der Waals surface area contributed by atoms with Crippen LogP contribution in [0.4, 0.5) is 4.79 Å². The van der Waals surface area contributed by atoms with Crippen molar-refractivity contribution in [3.63, 3.8) is 0 Å². The van der Waals surface area contributed by atoms with Gasteiger partial charge in [-0.1, -0.05) is 74.5 Å². The number of primary amides is 1. The van der Waals surface area contributed by atoms with Gasteiger partial charge in [0.1, 0.15) is 12.6 Å². The molecule has 4 N–H and O–H groups in total. The average molecular weight is 466 g/mol. The molecular weight excluding hydrogens is 432 g/mol. The lowest BCUT2D eigenvalue weighted by Gasteiger charge is -2.32. The van der Waals surface area contributed by atoms with Crippen LogP contribution in [0.5, 0.6) is 0 Å². The zero-order valence-corrected chi connectivity index (χ0v) is 19.7. The van der Waals surface area contributed by atoms with Gasteiger partial charge in [-0.25, -0.2) is 9.59 Å². The van der Waals surface area contributed by atoms with Crippen molar-refractivity contribution in [2.45, 2.75) is 45.2 Å². The number of benzene rings is 2. The Balaban J connectivity index is 1.80. The number of amides is 5. The van der Waals surface area contributed by atoms with Crippen LogP contribution < -0.4 is 16.4 Å². The molecule has 0 bridgehead atoms. The summed E-state index contributed by atoms with van der Waals surface area (Å²) in [5.74, 6) is -1.66. The van der Waals surface area contributed by atoms with E-state index >= 15 is 0 Å². The second-order valence-electron chi connectivity index (χ2n) is 9.16. The van der Waals surface area contributed by atoms with Gasteiger partial charge in [0.15, 0.2) is 6.04 Å².